The van der Waals surface area contributed by atoms with E-state index in [1.807, 2.05) is 11.8 Å². The van der Waals surface area contributed by atoms with Crippen molar-refractivity contribution >= 4 is 17.7 Å². The highest BCUT2D eigenvalue weighted by Gasteiger charge is 2.25. The SMILES string of the molecule is CCC(CC)(CNC(=O)CCCCO)SC. The third-order valence-electron chi connectivity index (χ3n) is 3.14. The highest BCUT2D eigenvalue weighted by atomic mass is 32.2. The lowest BCUT2D eigenvalue weighted by molar-refractivity contribution is -0.121. The largest absolute Gasteiger partial charge is 0.396 e. The van der Waals surface area contributed by atoms with E-state index >= 15 is 0 Å². The van der Waals surface area contributed by atoms with Crippen molar-refractivity contribution in [3.8, 4) is 0 Å². The van der Waals surface area contributed by atoms with Crippen LogP contribution < -0.4 is 5.32 Å². The maximum Gasteiger partial charge on any atom is 0.220 e. The van der Waals surface area contributed by atoms with Crippen LogP contribution in [-0.2, 0) is 4.79 Å². The van der Waals surface area contributed by atoms with E-state index in [0.717, 1.165) is 25.8 Å². The minimum Gasteiger partial charge on any atom is -0.396 e. The molecule has 0 radical (unpaired) electrons. The van der Waals surface area contributed by atoms with Crippen LogP contribution >= 0.6 is 11.8 Å². The van der Waals surface area contributed by atoms with Crippen LogP contribution in [0.25, 0.3) is 0 Å². The molecule has 0 bridgehead atoms. The van der Waals surface area contributed by atoms with Gasteiger partial charge < -0.3 is 10.4 Å². The van der Waals surface area contributed by atoms with E-state index in [1.54, 1.807) is 0 Å². The van der Waals surface area contributed by atoms with Crippen LogP contribution in [0.1, 0.15) is 46.0 Å². The van der Waals surface area contributed by atoms with Crippen molar-refractivity contribution in [1.29, 1.82) is 0 Å². The number of nitrogens with one attached hydrogen (secondary N) is 1. The van der Waals surface area contributed by atoms with Gasteiger partial charge in [-0.3, -0.25) is 4.79 Å². The van der Waals surface area contributed by atoms with Gasteiger partial charge in [0, 0.05) is 24.3 Å². The number of aliphatic hydroxyl groups is 1. The monoisotopic (exact) mass is 247 g/mol. The van der Waals surface area contributed by atoms with Crippen LogP contribution in [0.3, 0.4) is 0 Å². The van der Waals surface area contributed by atoms with Crippen molar-refractivity contribution in [3.05, 3.63) is 0 Å². The van der Waals surface area contributed by atoms with Gasteiger partial charge >= 0.3 is 0 Å². The van der Waals surface area contributed by atoms with Gasteiger partial charge in [-0.25, -0.2) is 0 Å². The fourth-order valence-corrected chi connectivity index (χ4v) is 2.40. The number of unbranched alkanes of at least 4 members (excludes halogenated alkanes) is 1. The average molecular weight is 247 g/mol. The van der Waals surface area contributed by atoms with Crippen molar-refractivity contribution in [2.75, 3.05) is 19.4 Å². The van der Waals surface area contributed by atoms with Crippen LogP contribution in [0.5, 0.6) is 0 Å². The summed E-state index contributed by atoms with van der Waals surface area (Å²) in [7, 11) is 0. The molecule has 16 heavy (non-hydrogen) atoms. The van der Waals surface area contributed by atoms with Crippen molar-refractivity contribution in [1.82, 2.24) is 5.32 Å². The maximum atomic E-state index is 11.5. The summed E-state index contributed by atoms with van der Waals surface area (Å²) >= 11 is 1.83. The summed E-state index contributed by atoms with van der Waals surface area (Å²) in [5.41, 5.74) is 0. The van der Waals surface area contributed by atoms with Gasteiger partial charge in [-0.05, 0) is 31.9 Å². The van der Waals surface area contributed by atoms with E-state index in [2.05, 4.69) is 25.4 Å². The Labute approximate surface area is 103 Å². The van der Waals surface area contributed by atoms with Crippen molar-refractivity contribution in [3.63, 3.8) is 0 Å². The number of amides is 1. The quantitative estimate of drug-likeness (QED) is 0.614. The standard InChI is InChI=1S/C12H25NO2S/c1-4-12(5-2,16-3)10-13-11(15)8-6-7-9-14/h14H,4-10H2,1-3H3,(H,13,15). The zero-order valence-corrected chi connectivity index (χ0v) is 11.5. The molecular weight excluding hydrogens is 222 g/mol. The Hall–Kier alpha value is -0.220. The molecule has 0 spiro atoms. The first-order valence-electron chi connectivity index (χ1n) is 6.06. The average Bonchev–Trinajstić information content (AvgIpc) is 2.32. The van der Waals surface area contributed by atoms with Gasteiger partial charge in [0.2, 0.25) is 5.91 Å². The molecule has 4 heteroatoms. The second-order valence-corrected chi connectivity index (χ2v) is 5.33. The van der Waals surface area contributed by atoms with Gasteiger partial charge in [-0.2, -0.15) is 11.8 Å². The zero-order valence-electron chi connectivity index (χ0n) is 10.7. The third-order valence-corrected chi connectivity index (χ3v) is 4.73. The van der Waals surface area contributed by atoms with Gasteiger partial charge in [0.25, 0.3) is 0 Å². The molecule has 0 saturated heterocycles. The number of hydrogen-bond donors (Lipinski definition) is 2. The highest BCUT2D eigenvalue weighted by molar-refractivity contribution is 8.00. The molecule has 0 aromatic heterocycles. The van der Waals surface area contributed by atoms with Crippen molar-refractivity contribution in [2.24, 2.45) is 0 Å². The van der Waals surface area contributed by atoms with Crippen molar-refractivity contribution in [2.45, 2.75) is 50.7 Å². The van der Waals surface area contributed by atoms with Crippen LogP contribution in [0.2, 0.25) is 0 Å². The second kappa shape index (κ2) is 8.88. The molecule has 2 N–H and O–H groups in total. The summed E-state index contributed by atoms with van der Waals surface area (Å²) in [6, 6.07) is 0. The molecule has 0 aliphatic heterocycles. The molecule has 3 nitrogen and oxygen atoms in total. The predicted octanol–water partition coefficient (Wildman–Crippen LogP) is 2.19. The summed E-state index contributed by atoms with van der Waals surface area (Å²) in [5.74, 6) is 0.105. The molecule has 1 amide bonds. The summed E-state index contributed by atoms with van der Waals surface area (Å²) in [4.78, 5) is 11.5. The fourth-order valence-electron chi connectivity index (χ4n) is 1.61. The number of aliphatic hydroxyl groups excluding tert-OH is 1. The minimum atomic E-state index is 0.105. The Balaban J connectivity index is 3.87. The third kappa shape index (κ3) is 5.75. The Morgan fingerprint density at radius 1 is 1.31 bits per heavy atom. The van der Waals surface area contributed by atoms with Crippen LogP contribution in [0.4, 0.5) is 0 Å². The molecule has 0 saturated carbocycles. The maximum absolute atomic E-state index is 11.5. The Bertz CT molecular complexity index is 185. The van der Waals surface area contributed by atoms with E-state index < -0.39 is 0 Å². The molecule has 0 rings (SSSR count). The number of carbonyl (C=O) groups excluding carboxylic acids is 1. The highest BCUT2D eigenvalue weighted by Crippen LogP contribution is 2.29. The molecule has 0 aliphatic rings. The minimum absolute atomic E-state index is 0.105. The molecular formula is C12H25NO2S. The predicted molar refractivity (Wildman–Crippen MR) is 70.8 cm³/mol. The fraction of sp³-hybridized carbons (Fsp3) is 0.917. The van der Waals surface area contributed by atoms with Gasteiger partial charge in [-0.1, -0.05) is 13.8 Å². The summed E-state index contributed by atoms with van der Waals surface area (Å²) in [6.07, 6.45) is 6.25. The number of carbonyl (C=O) groups is 1. The van der Waals surface area contributed by atoms with E-state index in [9.17, 15) is 4.79 Å². The Morgan fingerprint density at radius 2 is 1.94 bits per heavy atom. The molecule has 0 aliphatic carbocycles. The normalized spacial score (nSPS) is 11.5. The molecule has 0 unspecified atom stereocenters. The summed E-state index contributed by atoms with van der Waals surface area (Å²) < 4.78 is 0.187. The summed E-state index contributed by atoms with van der Waals surface area (Å²) in [5, 5.41) is 11.6. The molecule has 0 aromatic rings. The smallest absolute Gasteiger partial charge is 0.220 e. The topological polar surface area (TPSA) is 49.3 Å². The Morgan fingerprint density at radius 3 is 2.38 bits per heavy atom. The van der Waals surface area contributed by atoms with E-state index in [4.69, 9.17) is 5.11 Å². The lowest BCUT2D eigenvalue weighted by atomic mass is 10.0. The second-order valence-electron chi connectivity index (χ2n) is 4.05. The number of hydrogen-bond acceptors (Lipinski definition) is 3. The first kappa shape index (κ1) is 15.8. The van der Waals surface area contributed by atoms with Crippen molar-refractivity contribution < 1.29 is 9.90 Å². The van der Waals surface area contributed by atoms with E-state index in [0.29, 0.717) is 12.8 Å². The lowest BCUT2D eigenvalue weighted by Crippen LogP contribution is -2.39. The first-order chi connectivity index (χ1) is 7.64. The van der Waals surface area contributed by atoms with Gasteiger partial charge in [0.1, 0.15) is 0 Å². The van der Waals surface area contributed by atoms with E-state index in [-0.39, 0.29) is 17.3 Å². The molecule has 96 valence electrons. The first-order valence-corrected chi connectivity index (χ1v) is 7.29. The molecule has 0 fully saturated rings. The number of rotatable bonds is 9. The summed E-state index contributed by atoms with van der Waals surface area (Å²) in [6.45, 7) is 5.25. The van der Waals surface area contributed by atoms with Crippen LogP contribution in [-0.4, -0.2) is 35.2 Å². The zero-order chi connectivity index (χ0) is 12.4. The van der Waals surface area contributed by atoms with Crippen LogP contribution in [0.15, 0.2) is 0 Å². The molecule has 0 heterocycles. The van der Waals surface area contributed by atoms with Crippen LogP contribution in [0, 0.1) is 0 Å². The van der Waals surface area contributed by atoms with Gasteiger partial charge in [0.05, 0.1) is 0 Å². The van der Waals surface area contributed by atoms with Gasteiger partial charge in [0.15, 0.2) is 0 Å². The molecule has 0 aromatic carbocycles. The van der Waals surface area contributed by atoms with Gasteiger partial charge in [-0.15, -0.1) is 0 Å². The Kier molecular flexibility index (Phi) is 8.76. The lowest BCUT2D eigenvalue weighted by Gasteiger charge is -2.29. The molecule has 0 atom stereocenters. The number of thioether (sulfide) groups is 1. The van der Waals surface area contributed by atoms with E-state index in [1.165, 1.54) is 0 Å².